The Kier molecular flexibility index (Phi) is 3.86. The van der Waals surface area contributed by atoms with E-state index in [1.807, 2.05) is 24.3 Å². The van der Waals surface area contributed by atoms with Crippen LogP contribution >= 0.6 is 0 Å². The van der Waals surface area contributed by atoms with Crippen molar-refractivity contribution in [3.63, 3.8) is 0 Å². The number of nitrogens with one attached hydrogen (secondary N) is 1. The highest BCUT2D eigenvalue weighted by Crippen LogP contribution is 2.34. The van der Waals surface area contributed by atoms with Crippen molar-refractivity contribution in [2.75, 3.05) is 0 Å². The van der Waals surface area contributed by atoms with E-state index in [1.165, 1.54) is 12.8 Å². The van der Waals surface area contributed by atoms with Gasteiger partial charge in [-0.05, 0) is 66.8 Å². The summed E-state index contributed by atoms with van der Waals surface area (Å²) in [6.45, 7) is 0. The van der Waals surface area contributed by atoms with Crippen LogP contribution in [0.15, 0.2) is 42.5 Å². The minimum atomic E-state index is 0.103. The molecule has 27 heavy (non-hydrogen) atoms. The van der Waals surface area contributed by atoms with E-state index in [0.717, 1.165) is 23.6 Å². The number of aromatic hydroxyl groups is 2. The van der Waals surface area contributed by atoms with Crippen LogP contribution in [0.2, 0.25) is 0 Å². The molecule has 5 rings (SSSR count). The number of fused-ring (bicyclic) bond motifs is 3. The minimum absolute atomic E-state index is 0.103. The molecule has 0 unspecified atom stereocenters. The Morgan fingerprint density at radius 3 is 2.44 bits per heavy atom. The lowest BCUT2D eigenvalue weighted by Gasteiger charge is -2.28. The van der Waals surface area contributed by atoms with Crippen molar-refractivity contribution in [2.24, 2.45) is 0 Å². The van der Waals surface area contributed by atoms with E-state index in [2.05, 4.69) is 15.5 Å². The van der Waals surface area contributed by atoms with Crippen molar-refractivity contribution in [1.82, 2.24) is 15.5 Å². The average Bonchev–Trinajstić information content (AvgIpc) is 3.00. The maximum absolute atomic E-state index is 10.4. The van der Waals surface area contributed by atoms with E-state index >= 15 is 0 Å². The van der Waals surface area contributed by atoms with Crippen molar-refractivity contribution in [3.8, 4) is 28.6 Å². The van der Waals surface area contributed by atoms with Gasteiger partial charge >= 0.3 is 0 Å². The first-order valence-electron chi connectivity index (χ1n) is 9.36. The van der Waals surface area contributed by atoms with Gasteiger partial charge in [0.25, 0.3) is 0 Å². The molecular formula is C21H21N3O3. The summed E-state index contributed by atoms with van der Waals surface area (Å²) >= 11 is 0. The molecule has 2 bridgehead atoms. The number of phenolic OH excluding ortho intramolecular Hbond substituents is 2. The van der Waals surface area contributed by atoms with Crippen molar-refractivity contribution < 1.29 is 14.9 Å². The van der Waals surface area contributed by atoms with Crippen LogP contribution in [-0.4, -0.2) is 38.6 Å². The van der Waals surface area contributed by atoms with Gasteiger partial charge in [-0.2, -0.15) is 0 Å². The zero-order valence-corrected chi connectivity index (χ0v) is 14.8. The molecule has 3 aromatic rings. The third kappa shape index (κ3) is 3.17. The quantitative estimate of drug-likeness (QED) is 0.661. The van der Waals surface area contributed by atoms with Crippen LogP contribution in [0, 0.1) is 0 Å². The van der Waals surface area contributed by atoms with E-state index in [-0.39, 0.29) is 17.6 Å². The van der Waals surface area contributed by atoms with Crippen LogP contribution in [0.1, 0.15) is 25.7 Å². The van der Waals surface area contributed by atoms with Gasteiger partial charge in [-0.1, -0.05) is 6.07 Å². The first-order valence-corrected chi connectivity index (χ1v) is 9.36. The molecule has 0 radical (unpaired) electrons. The maximum Gasteiger partial charge on any atom is 0.233 e. The molecule has 138 valence electrons. The normalized spacial score (nSPS) is 24.2. The molecule has 1 aromatic heterocycles. The molecule has 2 saturated heterocycles. The molecule has 2 aliphatic rings. The van der Waals surface area contributed by atoms with Crippen LogP contribution in [0.5, 0.6) is 17.4 Å². The number of ether oxygens (including phenoxy) is 1. The monoisotopic (exact) mass is 363 g/mol. The number of phenols is 2. The smallest absolute Gasteiger partial charge is 0.233 e. The number of hydrogen-bond donors (Lipinski definition) is 3. The summed E-state index contributed by atoms with van der Waals surface area (Å²) in [6.07, 6.45) is 4.67. The minimum Gasteiger partial charge on any atom is -0.508 e. The fourth-order valence-corrected chi connectivity index (χ4v) is 4.28. The Morgan fingerprint density at radius 2 is 1.70 bits per heavy atom. The van der Waals surface area contributed by atoms with Gasteiger partial charge in [0.05, 0.1) is 5.69 Å². The topological polar surface area (TPSA) is 87.5 Å². The van der Waals surface area contributed by atoms with Gasteiger partial charge < -0.3 is 20.3 Å². The van der Waals surface area contributed by atoms with Crippen LogP contribution in [0.25, 0.3) is 22.0 Å². The molecule has 2 aliphatic heterocycles. The van der Waals surface area contributed by atoms with E-state index in [0.29, 0.717) is 29.2 Å². The summed E-state index contributed by atoms with van der Waals surface area (Å²) in [6, 6.07) is 13.3. The van der Waals surface area contributed by atoms with E-state index in [9.17, 15) is 10.2 Å². The first-order chi connectivity index (χ1) is 13.1. The number of nitrogens with zero attached hydrogens (tertiary/aromatic N) is 2. The highest BCUT2D eigenvalue weighted by atomic mass is 16.5. The van der Waals surface area contributed by atoms with Gasteiger partial charge in [0.1, 0.15) is 17.6 Å². The zero-order chi connectivity index (χ0) is 18.4. The van der Waals surface area contributed by atoms with Gasteiger partial charge in [-0.15, -0.1) is 10.2 Å². The Morgan fingerprint density at radius 1 is 0.889 bits per heavy atom. The lowest BCUT2D eigenvalue weighted by molar-refractivity contribution is 0.130. The highest BCUT2D eigenvalue weighted by molar-refractivity contribution is 5.90. The van der Waals surface area contributed by atoms with Crippen molar-refractivity contribution in [3.05, 3.63) is 42.5 Å². The van der Waals surface area contributed by atoms with Crippen LogP contribution < -0.4 is 10.1 Å². The Balaban J connectivity index is 1.37. The second kappa shape index (κ2) is 6.39. The summed E-state index contributed by atoms with van der Waals surface area (Å²) in [5.74, 6) is 0.795. The summed E-state index contributed by atoms with van der Waals surface area (Å²) < 4.78 is 6.04. The maximum atomic E-state index is 10.4. The molecule has 6 nitrogen and oxygen atoms in total. The van der Waals surface area contributed by atoms with Crippen molar-refractivity contribution >= 4 is 10.8 Å². The number of benzene rings is 2. The van der Waals surface area contributed by atoms with Crippen LogP contribution in [0.4, 0.5) is 0 Å². The Hall–Kier alpha value is -2.86. The van der Waals surface area contributed by atoms with Crippen molar-refractivity contribution in [2.45, 2.75) is 43.9 Å². The highest BCUT2D eigenvalue weighted by Gasteiger charge is 2.34. The van der Waals surface area contributed by atoms with Gasteiger partial charge in [0, 0.05) is 23.7 Å². The summed E-state index contributed by atoms with van der Waals surface area (Å²) in [7, 11) is 0. The van der Waals surface area contributed by atoms with Gasteiger partial charge in [-0.3, -0.25) is 0 Å². The van der Waals surface area contributed by atoms with E-state index < -0.39 is 0 Å². The Labute approximate surface area is 156 Å². The summed E-state index contributed by atoms with van der Waals surface area (Å²) in [4.78, 5) is 0. The second-order valence-corrected chi connectivity index (χ2v) is 7.51. The number of piperidine rings is 1. The first kappa shape index (κ1) is 16.3. The number of rotatable bonds is 3. The van der Waals surface area contributed by atoms with Crippen LogP contribution in [-0.2, 0) is 0 Å². The molecule has 2 aromatic carbocycles. The molecule has 0 spiro atoms. The van der Waals surface area contributed by atoms with Gasteiger partial charge in [-0.25, -0.2) is 0 Å². The molecule has 2 fully saturated rings. The van der Waals surface area contributed by atoms with E-state index in [1.54, 1.807) is 18.2 Å². The molecule has 0 amide bonds. The third-order valence-electron chi connectivity index (χ3n) is 5.57. The third-order valence-corrected chi connectivity index (χ3v) is 5.57. The van der Waals surface area contributed by atoms with Crippen molar-refractivity contribution in [1.29, 1.82) is 0 Å². The van der Waals surface area contributed by atoms with Gasteiger partial charge in [0.15, 0.2) is 0 Å². The van der Waals surface area contributed by atoms with E-state index in [4.69, 9.17) is 4.74 Å². The predicted octanol–water partition coefficient (Wildman–Crippen LogP) is 3.37. The SMILES string of the molecule is Oc1ccc2cc(-c3ccc(O[C@H]4C[C@H]5CC[C@@H](C4)N5)nn3)c(O)cc2c1. The molecular weight excluding hydrogens is 342 g/mol. The summed E-state index contributed by atoms with van der Waals surface area (Å²) in [5, 5.41) is 33.7. The van der Waals surface area contributed by atoms with Gasteiger partial charge in [0.2, 0.25) is 5.88 Å². The lowest BCUT2D eigenvalue weighted by atomic mass is 10.0. The molecule has 0 aliphatic carbocycles. The number of aromatic nitrogens is 2. The fourth-order valence-electron chi connectivity index (χ4n) is 4.28. The largest absolute Gasteiger partial charge is 0.508 e. The molecule has 3 atom stereocenters. The number of hydrogen-bond acceptors (Lipinski definition) is 6. The summed E-state index contributed by atoms with van der Waals surface area (Å²) in [5.41, 5.74) is 1.19. The molecule has 3 heterocycles. The zero-order valence-electron chi connectivity index (χ0n) is 14.8. The predicted molar refractivity (Wildman–Crippen MR) is 102 cm³/mol. The standard InChI is InChI=1S/C21H21N3O3/c25-16-4-1-12-8-18(20(26)9-13(12)7-16)19-5-6-21(24-23-19)27-17-10-14-2-3-15(11-17)22-14/h1,4-9,14-15,17,22,25-26H,2-3,10-11H2/t14-,15+,17+. The second-order valence-electron chi connectivity index (χ2n) is 7.51. The van der Waals surface area contributed by atoms with Crippen LogP contribution in [0.3, 0.4) is 0 Å². The molecule has 0 saturated carbocycles. The lowest BCUT2D eigenvalue weighted by Crippen LogP contribution is -2.42. The molecule has 3 N–H and O–H groups in total. The fraction of sp³-hybridized carbons (Fsp3) is 0.333. The Bertz CT molecular complexity index is 978. The molecule has 6 heteroatoms. The average molecular weight is 363 g/mol.